The Morgan fingerprint density at radius 2 is 1.82 bits per heavy atom. The van der Waals surface area contributed by atoms with Crippen molar-refractivity contribution < 1.29 is 14.2 Å². The molecule has 11 nitrogen and oxygen atoms in total. The van der Waals surface area contributed by atoms with E-state index in [0.29, 0.717) is 24.3 Å². The van der Waals surface area contributed by atoms with Gasteiger partial charge >= 0.3 is 11.7 Å². The van der Waals surface area contributed by atoms with Crippen molar-refractivity contribution in [2.75, 3.05) is 65.4 Å². The number of rotatable bonds is 15. The van der Waals surface area contributed by atoms with E-state index in [9.17, 15) is 4.79 Å². The van der Waals surface area contributed by atoms with E-state index < -0.39 is 0 Å². The molecule has 1 aromatic carbocycles. The van der Waals surface area contributed by atoms with Crippen LogP contribution in [0.4, 0.5) is 5.82 Å². The summed E-state index contributed by atoms with van der Waals surface area (Å²) in [6.07, 6.45) is 3.77. The second kappa shape index (κ2) is 14.1. The molecule has 3 N–H and O–H groups in total. The van der Waals surface area contributed by atoms with Gasteiger partial charge < -0.3 is 24.9 Å². The summed E-state index contributed by atoms with van der Waals surface area (Å²) in [5.74, 6) is 1.08. The number of H-pyrrole nitrogens is 1. The average Bonchev–Trinajstić information content (AvgIpc) is 3.25. The summed E-state index contributed by atoms with van der Waals surface area (Å²) in [4.78, 5) is 29.1. The highest BCUT2D eigenvalue weighted by Gasteiger charge is 2.16. The first-order chi connectivity index (χ1) is 18.6. The molecular weight excluding hydrogens is 486 g/mol. The number of hydrogen-bond acceptors (Lipinski definition) is 9. The molecule has 0 radical (unpaired) electrons. The molecular formula is C27H41N7O4. The zero-order valence-electron chi connectivity index (χ0n) is 22.7. The number of nitrogen functional groups attached to an aromatic ring is 1. The summed E-state index contributed by atoms with van der Waals surface area (Å²) >= 11 is 0. The molecule has 2 aromatic heterocycles. The molecule has 3 aromatic rings. The van der Waals surface area contributed by atoms with E-state index in [1.54, 1.807) is 11.7 Å². The van der Waals surface area contributed by atoms with Crippen LogP contribution in [0.25, 0.3) is 11.2 Å². The number of ether oxygens (including phenoxy) is 3. The van der Waals surface area contributed by atoms with Gasteiger partial charge in [-0.25, -0.2) is 4.79 Å². The van der Waals surface area contributed by atoms with Crippen LogP contribution in [0.15, 0.2) is 29.1 Å². The van der Waals surface area contributed by atoms with Gasteiger partial charge in [0.05, 0.1) is 26.9 Å². The minimum Gasteiger partial charge on any atom is -0.497 e. The lowest BCUT2D eigenvalue weighted by molar-refractivity contribution is 0.0359. The molecule has 1 aliphatic heterocycles. The number of aromatic amines is 1. The number of aryl methyl sites for hydroxylation is 1. The number of nitrogens with two attached hydrogens (primary N) is 1. The van der Waals surface area contributed by atoms with Gasteiger partial charge in [0.15, 0.2) is 11.5 Å². The van der Waals surface area contributed by atoms with Gasteiger partial charge in [-0.05, 0) is 50.0 Å². The number of morpholine rings is 1. The lowest BCUT2D eigenvalue weighted by Crippen LogP contribution is -2.38. The van der Waals surface area contributed by atoms with Crippen molar-refractivity contribution >= 4 is 17.0 Å². The summed E-state index contributed by atoms with van der Waals surface area (Å²) in [6.45, 7) is 10.4. The third-order valence-corrected chi connectivity index (χ3v) is 6.83. The molecule has 1 saturated heterocycles. The first-order valence-corrected chi connectivity index (χ1v) is 13.6. The van der Waals surface area contributed by atoms with Crippen LogP contribution in [0.5, 0.6) is 11.8 Å². The maximum absolute atomic E-state index is 12.7. The second-order valence-electron chi connectivity index (χ2n) is 9.66. The van der Waals surface area contributed by atoms with Crippen molar-refractivity contribution in [2.24, 2.45) is 0 Å². The highest BCUT2D eigenvalue weighted by atomic mass is 16.5. The molecule has 0 aliphatic carbocycles. The fourth-order valence-electron chi connectivity index (χ4n) is 4.66. The molecule has 38 heavy (non-hydrogen) atoms. The van der Waals surface area contributed by atoms with Crippen LogP contribution in [-0.2, 0) is 17.8 Å². The minimum absolute atomic E-state index is 0.209. The van der Waals surface area contributed by atoms with E-state index in [2.05, 4.69) is 43.8 Å². The van der Waals surface area contributed by atoms with E-state index in [0.717, 1.165) is 83.9 Å². The minimum atomic E-state index is -0.235. The number of nitrogens with one attached hydrogen (secondary N) is 1. The van der Waals surface area contributed by atoms with Gasteiger partial charge in [0, 0.05) is 32.7 Å². The number of aromatic nitrogens is 4. The number of anilines is 1. The van der Waals surface area contributed by atoms with Crippen molar-refractivity contribution in [3.8, 4) is 11.8 Å². The third-order valence-electron chi connectivity index (χ3n) is 6.83. The van der Waals surface area contributed by atoms with Crippen molar-refractivity contribution in [1.82, 2.24) is 29.3 Å². The number of methoxy groups -OCH3 is 1. The zero-order chi connectivity index (χ0) is 26.7. The van der Waals surface area contributed by atoms with Gasteiger partial charge in [-0.1, -0.05) is 25.5 Å². The molecule has 1 aliphatic rings. The maximum atomic E-state index is 12.7. The lowest BCUT2D eigenvalue weighted by Gasteiger charge is -2.28. The number of fused-ring (bicyclic) bond motifs is 1. The highest BCUT2D eigenvalue weighted by molar-refractivity contribution is 5.81. The molecule has 11 heteroatoms. The highest BCUT2D eigenvalue weighted by Crippen LogP contribution is 2.19. The Balaban J connectivity index is 1.40. The number of imidazole rings is 1. The molecule has 0 spiro atoms. The monoisotopic (exact) mass is 527 g/mol. The van der Waals surface area contributed by atoms with Crippen LogP contribution in [0.3, 0.4) is 0 Å². The van der Waals surface area contributed by atoms with E-state index in [-0.39, 0.29) is 17.5 Å². The number of benzene rings is 1. The smallest absolute Gasteiger partial charge is 0.327 e. The molecule has 3 heterocycles. The fraction of sp³-hybridized carbons (Fsp3) is 0.593. The van der Waals surface area contributed by atoms with E-state index >= 15 is 0 Å². The van der Waals surface area contributed by atoms with Gasteiger partial charge in [0.1, 0.15) is 11.3 Å². The van der Waals surface area contributed by atoms with Crippen LogP contribution in [0.2, 0.25) is 0 Å². The van der Waals surface area contributed by atoms with Crippen molar-refractivity contribution in [3.05, 3.63) is 40.3 Å². The summed E-state index contributed by atoms with van der Waals surface area (Å²) in [5.41, 5.74) is 8.04. The maximum Gasteiger partial charge on any atom is 0.327 e. The van der Waals surface area contributed by atoms with Gasteiger partial charge in [-0.15, -0.1) is 0 Å². The normalized spacial score (nSPS) is 14.4. The predicted molar refractivity (Wildman–Crippen MR) is 148 cm³/mol. The van der Waals surface area contributed by atoms with Gasteiger partial charge in [0.2, 0.25) is 0 Å². The van der Waals surface area contributed by atoms with Crippen molar-refractivity contribution in [1.29, 1.82) is 0 Å². The molecule has 0 unspecified atom stereocenters. The largest absolute Gasteiger partial charge is 0.497 e. The Bertz CT molecular complexity index is 1190. The standard InChI is InChI=1S/C27H41N7O4/c1-3-4-17-38-26-30-24(28)23-25(31-26)34(27(35)29-23)14-6-13-33(12-5-11-32-15-18-37-19-16-32)20-21-7-9-22(36-2)10-8-21/h7-10H,3-6,11-20H2,1-2H3,(H,29,35)(H2,28,30,31). The second-order valence-corrected chi connectivity index (χ2v) is 9.66. The van der Waals surface area contributed by atoms with Crippen LogP contribution in [0.1, 0.15) is 38.2 Å². The Hall–Kier alpha value is -3.15. The summed E-state index contributed by atoms with van der Waals surface area (Å²) in [6, 6.07) is 8.42. The molecule has 1 fully saturated rings. The molecule has 4 rings (SSSR count). The number of nitrogens with zero attached hydrogens (tertiary/aromatic N) is 5. The SMILES string of the molecule is CCCCOc1nc(N)c2[nH]c(=O)n(CCCN(CCCN3CCOCC3)Cc3ccc(OC)cc3)c2n1. The Morgan fingerprint density at radius 1 is 1.08 bits per heavy atom. The van der Waals surface area contributed by atoms with Crippen LogP contribution < -0.4 is 20.9 Å². The third kappa shape index (κ3) is 7.68. The topological polar surface area (TPSA) is 124 Å². The molecule has 0 saturated carbocycles. The Labute approximate surface area is 223 Å². The predicted octanol–water partition coefficient (Wildman–Crippen LogP) is 2.50. The van der Waals surface area contributed by atoms with Gasteiger partial charge in [0.25, 0.3) is 0 Å². The molecule has 208 valence electrons. The molecule has 0 bridgehead atoms. The molecule has 0 atom stereocenters. The van der Waals surface area contributed by atoms with Crippen LogP contribution in [0, 0.1) is 0 Å². The first-order valence-electron chi connectivity index (χ1n) is 13.6. The zero-order valence-corrected chi connectivity index (χ0v) is 22.7. The van der Waals surface area contributed by atoms with Crippen molar-refractivity contribution in [3.63, 3.8) is 0 Å². The van der Waals surface area contributed by atoms with E-state index in [1.165, 1.54) is 5.56 Å². The quantitative estimate of drug-likeness (QED) is 0.287. The van der Waals surface area contributed by atoms with Crippen molar-refractivity contribution in [2.45, 2.75) is 45.7 Å². The Kier molecular flexibility index (Phi) is 10.4. The first kappa shape index (κ1) is 27.9. The van der Waals surface area contributed by atoms with Gasteiger partial charge in [-0.2, -0.15) is 9.97 Å². The summed E-state index contributed by atoms with van der Waals surface area (Å²) in [7, 11) is 1.68. The lowest BCUT2D eigenvalue weighted by atomic mass is 10.2. The van der Waals surface area contributed by atoms with E-state index in [1.807, 2.05) is 12.1 Å². The summed E-state index contributed by atoms with van der Waals surface area (Å²) < 4.78 is 18.1. The van der Waals surface area contributed by atoms with Crippen LogP contribution >= 0.6 is 0 Å². The number of unbranched alkanes of at least 4 members (excludes halogenated alkanes) is 1. The van der Waals surface area contributed by atoms with E-state index in [4.69, 9.17) is 19.9 Å². The average molecular weight is 528 g/mol. The fourth-order valence-corrected chi connectivity index (χ4v) is 4.66. The van der Waals surface area contributed by atoms with Gasteiger partial charge in [-0.3, -0.25) is 14.4 Å². The molecule has 0 amide bonds. The number of hydrogen-bond donors (Lipinski definition) is 2. The Morgan fingerprint density at radius 3 is 2.53 bits per heavy atom. The summed E-state index contributed by atoms with van der Waals surface area (Å²) in [5, 5.41) is 0. The van der Waals surface area contributed by atoms with Crippen LogP contribution in [-0.4, -0.2) is 89.0 Å².